The Morgan fingerprint density at radius 2 is 1.33 bits per heavy atom. The fourth-order valence-corrected chi connectivity index (χ4v) is 2.94. The first-order valence-electron chi connectivity index (χ1n) is 5.28. The molecule has 0 heterocycles. The van der Waals surface area contributed by atoms with E-state index in [-0.39, 0.29) is 43.3 Å². The molecule has 0 aromatic heterocycles. The maximum absolute atomic E-state index is 5.75. The second-order valence-electron chi connectivity index (χ2n) is 4.13. The molecule has 0 aromatic rings. The molecule has 0 fully saturated rings. The van der Waals surface area contributed by atoms with Gasteiger partial charge in [0.25, 0.3) is 0 Å². The molecule has 0 aromatic carbocycles. The summed E-state index contributed by atoms with van der Waals surface area (Å²) >= 11 is 1.15. The van der Waals surface area contributed by atoms with Crippen LogP contribution in [-0.2, 0) is 28.0 Å². The van der Waals surface area contributed by atoms with Gasteiger partial charge in [0.1, 0.15) is 0 Å². The third kappa shape index (κ3) is 4.35. The first kappa shape index (κ1) is 21.0. The van der Waals surface area contributed by atoms with E-state index in [1.165, 1.54) is 22.3 Å². The molecule has 0 spiro atoms. The van der Waals surface area contributed by atoms with Gasteiger partial charge in [0, 0.05) is 0 Å². The van der Waals surface area contributed by atoms with E-state index in [2.05, 4.69) is 38.2 Å². The molecule has 0 amide bonds. The summed E-state index contributed by atoms with van der Waals surface area (Å²) in [6.07, 6.45) is 11.2. The Labute approximate surface area is 144 Å². The summed E-state index contributed by atoms with van der Waals surface area (Å²) in [5.41, 5.74) is 5.67. The van der Waals surface area contributed by atoms with E-state index in [0.29, 0.717) is 0 Å². The molecule has 18 heavy (non-hydrogen) atoms. The van der Waals surface area contributed by atoms with Crippen LogP contribution < -0.4 is 37.2 Å². The zero-order valence-corrected chi connectivity index (χ0v) is 15.1. The van der Waals surface area contributed by atoms with Crippen molar-refractivity contribution >= 4 is 0 Å². The Morgan fingerprint density at radius 3 is 1.56 bits per heavy atom. The maximum atomic E-state index is 5.75. The summed E-state index contributed by atoms with van der Waals surface area (Å²) in [5.74, 6) is 0. The van der Waals surface area contributed by atoms with Crippen molar-refractivity contribution < 1.29 is 65.2 Å². The van der Waals surface area contributed by atoms with Crippen LogP contribution in [0.15, 0.2) is 46.6 Å². The van der Waals surface area contributed by atoms with E-state index < -0.39 is 0 Å². The zero-order valence-electron chi connectivity index (χ0n) is 10.3. The minimum Gasteiger partial charge on any atom is -1.00 e. The molecule has 0 aliphatic heterocycles. The average molecular weight is 385 g/mol. The van der Waals surface area contributed by atoms with Crippen molar-refractivity contribution in [2.45, 2.75) is 32.8 Å². The Balaban J connectivity index is 0. The Morgan fingerprint density at radius 1 is 0.944 bits per heavy atom. The Hall–Kier alpha value is 0.673. The summed E-state index contributed by atoms with van der Waals surface area (Å²) < 4.78 is 5.75. The number of allylic oxidation sites excluding steroid dienone is 6. The van der Waals surface area contributed by atoms with Crippen molar-refractivity contribution in [1.82, 2.24) is 0 Å². The molecule has 0 saturated heterocycles. The molecule has 0 bridgehead atoms. The third-order valence-electron chi connectivity index (χ3n) is 3.18. The van der Waals surface area contributed by atoms with Crippen LogP contribution in [0, 0.1) is 0 Å². The standard InChI is InChI=1S/C13H15O.3ClH.Zr/c1-9-5-3-7-11(9)13(14)12-8-4-6-10(12)2;;;;/h3-6,13H,7-8H2,1-2H3;3*1H;/q-1;;;;+4/p-3. The molecule has 98 valence electrons. The molecule has 5 heteroatoms. The van der Waals surface area contributed by atoms with Crippen LogP contribution in [0.2, 0.25) is 0 Å². The van der Waals surface area contributed by atoms with E-state index in [4.69, 9.17) is 2.81 Å². The second-order valence-corrected chi connectivity index (χ2v) is 4.71. The molecule has 2 aliphatic rings. The second kappa shape index (κ2) is 9.56. The monoisotopic (exact) mass is 382 g/mol. The van der Waals surface area contributed by atoms with Crippen LogP contribution in [0.1, 0.15) is 26.7 Å². The topological polar surface area (TPSA) is 9.23 Å². The van der Waals surface area contributed by atoms with Gasteiger partial charge in [-0.25, -0.2) is 0 Å². The molecule has 0 atom stereocenters. The first-order valence-corrected chi connectivity index (χ1v) is 6.29. The maximum Gasteiger partial charge on any atom is -1.00 e. The number of rotatable bonds is 3. The molecule has 2 rings (SSSR count). The average Bonchev–Trinajstić information content (AvgIpc) is 2.80. The summed E-state index contributed by atoms with van der Waals surface area (Å²) in [5, 5.41) is 0. The Bertz CT molecular complexity index is 361. The quantitative estimate of drug-likeness (QED) is 0.471. The van der Waals surface area contributed by atoms with Gasteiger partial charge in [-0.2, -0.15) is 0 Å². The zero-order chi connectivity index (χ0) is 10.8. The summed E-state index contributed by atoms with van der Waals surface area (Å²) in [6.45, 7) is 4.36. The van der Waals surface area contributed by atoms with Crippen molar-refractivity contribution in [1.29, 1.82) is 0 Å². The van der Waals surface area contributed by atoms with Gasteiger partial charge < -0.3 is 37.2 Å². The molecule has 0 radical (unpaired) electrons. The van der Waals surface area contributed by atoms with Gasteiger partial charge in [-0.15, -0.1) is 0 Å². The molecule has 0 unspecified atom stereocenters. The SMILES string of the molecule is CC1=C(C([O][Zr+3])C2=C(C)C=CC2)CC=C1.[Cl-].[Cl-].[Cl-]. The van der Waals surface area contributed by atoms with Crippen molar-refractivity contribution in [3.63, 3.8) is 0 Å². The van der Waals surface area contributed by atoms with Gasteiger partial charge in [-0.3, -0.25) is 0 Å². The van der Waals surface area contributed by atoms with Crippen molar-refractivity contribution in [2.24, 2.45) is 0 Å². The fraction of sp³-hybridized carbons (Fsp3) is 0.385. The molecular weight excluding hydrogens is 370 g/mol. The van der Waals surface area contributed by atoms with Crippen LogP contribution in [0.3, 0.4) is 0 Å². The molecule has 0 saturated carbocycles. The van der Waals surface area contributed by atoms with Gasteiger partial charge in [0.05, 0.1) is 0 Å². The van der Waals surface area contributed by atoms with Crippen molar-refractivity contribution in [3.05, 3.63) is 46.6 Å². The van der Waals surface area contributed by atoms with E-state index >= 15 is 0 Å². The van der Waals surface area contributed by atoms with E-state index in [1.807, 2.05) is 0 Å². The van der Waals surface area contributed by atoms with E-state index in [1.54, 1.807) is 0 Å². The van der Waals surface area contributed by atoms with Gasteiger partial charge >= 0.3 is 107 Å². The van der Waals surface area contributed by atoms with Crippen LogP contribution in [0.25, 0.3) is 0 Å². The predicted octanol–water partition coefficient (Wildman–Crippen LogP) is -5.60. The fourth-order valence-electron chi connectivity index (χ4n) is 2.24. The summed E-state index contributed by atoms with van der Waals surface area (Å²) in [7, 11) is 0. The smallest absolute Gasteiger partial charge is 1.00 e. The van der Waals surface area contributed by atoms with Crippen molar-refractivity contribution in [3.8, 4) is 0 Å². The summed E-state index contributed by atoms with van der Waals surface area (Å²) in [4.78, 5) is 0. The molecule has 1 nitrogen and oxygen atoms in total. The first-order chi connectivity index (χ1) is 7.24. The third-order valence-corrected chi connectivity index (χ3v) is 3.75. The van der Waals surface area contributed by atoms with Gasteiger partial charge in [-0.05, 0) is 0 Å². The van der Waals surface area contributed by atoms with Gasteiger partial charge in [-0.1, -0.05) is 0 Å². The molecular formula is C13H15Cl3OZr. The Kier molecular flexibility index (Phi) is 11.1. The van der Waals surface area contributed by atoms with E-state index in [0.717, 1.165) is 38.0 Å². The predicted molar refractivity (Wildman–Crippen MR) is 57.8 cm³/mol. The molecule has 2 aliphatic carbocycles. The normalized spacial score (nSPS) is 16.9. The van der Waals surface area contributed by atoms with Crippen LogP contribution >= 0.6 is 0 Å². The number of hydrogen-bond acceptors (Lipinski definition) is 1. The van der Waals surface area contributed by atoms with Crippen LogP contribution in [-0.4, -0.2) is 6.10 Å². The number of hydrogen-bond donors (Lipinski definition) is 0. The van der Waals surface area contributed by atoms with Crippen LogP contribution in [0.4, 0.5) is 0 Å². The van der Waals surface area contributed by atoms with Crippen molar-refractivity contribution in [2.75, 3.05) is 0 Å². The van der Waals surface area contributed by atoms with Gasteiger partial charge in [0.15, 0.2) is 0 Å². The minimum absolute atomic E-state index is 0. The largest absolute Gasteiger partial charge is 1.00 e. The minimum atomic E-state index is 0. The van der Waals surface area contributed by atoms with Crippen LogP contribution in [0.5, 0.6) is 0 Å². The summed E-state index contributed by atoms with van der Waals surface area (Å²) in [6, 6.07) is 0. The molecule has 0 N–H and O–H groups in total. The number of halogens is 3. The van der Waals surface area contributed by atoms with Gasteiger partial charge in [0.2, 0.25) is 0 Å². The van der Waals surface area contributed by atoms with E-state index in [9.17, 15) is 0 Å².